The topological polar surface area (TPSA) is 73.6 Å². The Morgan fingerprint density at radius 3 is 2.71 bits per heavy atom. The Morgan fingerprint density at radius 1 is 1.53 bits per heavy atom. The molecule has 17 heavy (non-hydrogen) atoms. The largest absolute Gasteiger partial charge is 0.477 e. The summed E-state index contributed by atoms with van der Waals surface area (Å²) in [7, 11) is 0. The number of anilines is 1. The van der Waals surface area contributed by atoms with E-state index in [1.54, 1.807) is 0 Å². The third-order valence-electron chi connectivity index (χ3n) is 2.44. The first-order valence-electron chi connectivity index (χ1n) is 4.93. The molecule has 1 aliphatic rings. The predicted octanol–water partition coefficient (Wildman–Crippen LogP) is 1.92. The first-order chi connectivity index (χ1) is 8.15. The molecule has 1 N–H and O–H groups in total. The van der Waals surface area contributed by atoms with E-state index < -0.39 is 5.97 Å². The van der Waals surface area contributed by atoms with Gasteiger partial charge in [-0.3, -0.25) is 0 Å². The number of hydrogen-bond acceptors (Lipinski definition) is 5. The third kappa shape index (κ3) is 2.29. The molecule has 1 fully saturated rings. The average Bonchev–Trinajstić information content (AvgIpc) is 2.67. The van der Waals surface area contributed by atoms with E-state index in [0.29, 0.717) is 41.3 Å². The van der Waals surface area contributed by atoms with Gasteiger partial charge in [0.25, 0.3) is 0 Å². The lowest BCUT2D eigenvalue weighted by atomic mass is 10.3. The lowest BCUT2D eigenvalue weighted by Crippen LogP contribution is -2.36. The first-order valence-corrected chi connectivity index (χ1v) is 6.54. The molecule has 1 aromatic heterocycles. The van der Waals surface area contributed by atoms with Crippen molar-refractivity contribution >= 4 is 38.2 Å². The van der Waals surface area contributed by atoms with Crippen molar-refractivity contribution in [2.75, 3.05) is 31.2 Å². The van der Waals surface area contributed by atoms with Gasteiger partial charge >= 0.3 is 5.97 Å². The van der Waals surface area contributed by atoms with Crippen LogP contribution in [0, 0.1) is 11.3 Å². The molecule has 0 atom stereocenters. The SMILES string of the molecule is N#Cc1c(N2CCOCC2)sc(C(=O)O)c1Br. The molecule has 1 saturated heterocycles. The van der Waals surface area contributed by atoms with Crippen LogP contribution >= 0.6 is 27.3 Å². The molecule has 2 heterocycles. The lowest BCUT2D eigenvalue weighted by molar-refractivity contribution is 0.0701. The fraction of sp³-hybridized carbons (Fsp3) is 0.400. The summed E-state index contributed by atoms with van der Waals surface area (Å²) in [5.74, 6) is -1.02. The average molecular weight is 317 g/mol. The molecule has 0 aromatic carbocycles. The third-order valence-corrected chi connectivity index (χ3v) is 4.73. The van der Waals surface area contributed by atoms with Crippen LogP contribution in [0.2, 0.25) is 0 Å². The maximum atomic E-state index is 11.0. The second kappa shape index (κ2) is 5.04. The summed E-state index contributed by atoms with van der Waals surface area (Å²) < 4.78 is 5.61. The summed E-state index contributed by atoms with van der Waals surface area (Å²) in [6.07, 6.45) is 0. The molecular formula is C10H9BrN2O3S. The molecule has 0 unspecified atom stereocenters. The van der Waals surface area contributed by atoms with Crippen molar-refractivity contribution < 1.29 is 14.6 Å². The highest BCUT2D eigenvalue weighted by Gasteiger charge is 2.25. The van der Waals surface area contributed by atoms with E-state index in [0.717, 1.165) is 11.3 Å². The van der Waals surface area contributed by atoms with Gasteiger partial charge in [0.1, 0.15) is 21.5 Å². The van der Waals surface area contributed by atoms with E-state index in [1.807, 2.05) is 4.90 Å². The molecule has 5 nitrogen and oxygen atoms in total. The molecule has 0 saturated carbocycles. The molecule has 0 aliphatic carbocycles. The second-order valence-corrected chi connectivity index (χ2v) is 5.23. The molecule has 0 bridgehead atoms. The van der Waals surface area contributed by atoms with Crippen molar-refractivity contribution in [3.05, 3.63) is 14.9 Å². The van der Waals surface area contributed by atoms with Gasteiger partial charge in [0.15, 0.2) is 0 Å². The van der Waals surface area contributed by atoms with Crippen LogP contribution in [0.5, 0.6) is 0 Å². The monoisotopic (exact) mass is 316 g/mol. The molecular weight excluding hydrogens is 308 g/mol. The fourth-order valence-corrected chi connectivity index (χ4v) is 3.48. The molecule has 0 spiro atoms. The van der Waals surface area contributed by atoms with Gasteiger partial charge in [-0.15, -0.1) is 11.3 Å². The van der Waals surface area contributed by atoms with Gasteiger partial charge in [-0.25, -0.2) is 4.79 Å². The predicted molar refractivity (Wildman–Crippen MR) is 66.7 cm³/mol. The number of aromatic carboxylic acids is 1. The maximum Gasteiger partial charge on any atom is 0.347 e. The highest BCUT2D eigenvalue weighted by molar-refractivity contribution is 9.10. The van der Waals surface area contributed by atoms with E-state index >= 15 is 0 Å². The van der Waals surface area contributed by atoms with Crippen LogP contribution in [-0.4, -0.2) is 37.4 Å². The quantitative estimate of drug-likeness (QED) is 0.902. The molecule has 0 amide bonds. The molecule has 1 aliphatic heterocycles. The number of hydrogen-bond donors (Lipinski definition) is 1. The Bertz CT molecular complexity index is 488. The summed E-state index contributed by atoms with van der Waals surface area (Å²) in [5.41, 5.74) is 0.398. The van der Waals surface area contributed by atoms with Crippen molar-refractivity contribution in [1.82, 2.24) is 0 Å². The zero-order valence-corrected chi connectivity index (χ0v) is 11.2. The highest BCUT2D eigenvalue weighted by atomic mass is 79.9. The van der Waals surface area contributed by atoms with Crippen molar-refractivity contribution in [3.8, 4) is 6.07 Å². The van der Waals surface area contributed by atoms with E-state index in [1.165, 1.54) is 0 Å². The number of nitrogens with zero attached hydrogens (tertiary/aromatic N) is 2. The van der Waals surface area contributed by atoms with Crippen LogP contribution in [-0.2, 0) is 4.74 Å². The van der Waals surface area contributed by atoms with Crippen LogP contribution in [0.1, 0.15) is 15.2 Å². The van der Waals surface area contributed by atoms with Crippen LogP contribution in [0.25, 0.3) is 0 Å². The van der Waals surface area contributed by atoms with Gasteiger partial charge in [-0.2, -0.15) is 5.26 Å². The van der Waals surface area contributed by atoms with E-state index in [-0.39, 0.29) is 4.88 Å². The smallest absolute Gasteiger partial charge is 0.347 e. The van der Waals surface area contributed by atoms with Crippen LogP contribution in [0.3, 0.4) is 0 Å². The zero-order chi connectivity index (χ0) is 12.4. The minimum Gasteiger partial charge on any atom is -0.477 e. The van der Waals surface area contributed by atoms with Crippen molar-refractivity contribution in [1.29, 1.82) is 5.26 Å². The summed E-state index contributed by atoms with van der Waals surface area (Å²) in [6, 6.07) is 2.05. The fourth-order valence-electron chi connectivity index (χ4n) is 1.62. The van der Waals surface area contributed by atoms with Gasteiger partial charge in [-0.05, 0) is 15.9 Å². The summed E-state index contributed by atoms with van der Waals surface area (Å²) >= 11 is 4.31. The van der Waals surface area contributed by atoms with Gasteiger partial charge in [0.05, 0.1) is 17.7 Å². The minimum atomic E-state index is -1.02. The molecule has 7 heteroatoms. The standard InChI is InChI=1S/C10H9BrN2O3S/c11-7-6(5-12)9(17-8(7)10(14)15)13-1-3-16-4-2-13/h1-4H2,(H,14,15). The van der Waals surface area contributed by atoms with Crippen molar-refractivity contribution in [2.24, 2.45) is 0 Å². The highest BCUT2D eigenvalue weighted by Crippen LogP contribution is 2.39. The lowest BCUT2D eigenvalue weighted by Gasteiger charge is -2.27. The summed E-state index contributed by atoms with van der Waals surface area (Å²) in [6.45, 7) is 2.56. The van der Waals surface area contributed by atoms with Gasteiger partial charge in [-0.1, -0.05) is 0 Å². The minimum absolute atomic E-state index is 0.169. The van der Waals surface area contributed by atoms with Crippen LogP contribution in [0.15, 0.2) is 4.47 Å². The molecule has 1 aromatic rings. The Balaban J connectivity index is 2.42. The number of halogens is 1. The van der Waals surface area contributed by atoms with E-state index in [2.05, 4.69) is 22.0 Å². The van der Waals surface area contributed by atoms with E-state index in [9.17, 15) is 4.79 Å². The van der Waals surface area contributed by atoms with Gasteiger partial charge < -0.3 is 14.7 Å². The summed E-state index contributed by atoms with van der Waals surface area (Å²) in [5, 5.41) is 18.8. The molecule has 2 rings (SSSR count). The summed E-state index contributed by atoms with van der Waals surface area (Å²) in [4.78, 5) is 13.2. The van der Waals surface area contributed by atoms with Crippen molar-refractivity contribution in [3.63, 3.8) is 0 Å². The molecule has 90 valence electrons. The molecule has 0 radical (unpaired) electrons. The van der Waals surface area contributed by atoms with Gasteiger partial charge in [0, 0.05) is 13.1 Å². The number of thiophene rings is 1. The number of nitriles is 1. The number of carboxylic acid groups (broad SMARTS) is 1. The van der Waals surface area contributed by atoms with E-state index in [4.69, 9.17) is 15.1 Å². The Morgan fingerprint density at radius 2 is 2.18 bits per heavy atom. The Labute approximate surface area is 110 Å². The second-order valence-electron chi connectivity index (χ2n) is 3.44. The number of rotatable bonds is 2. The van der Waals surface area contributed by atoms with Crippen LogP contribution < -0.4 is 4.90 Å². The number of carbonyl (C=O) groups is 1. The first kappa shape index (κ1) is 12.4. The normalized spacial score (nSPS) is 15.6. The van der Waals surface area contributed by atoms with Gasteiger partial charge in [0.2, 0.25) is 0 Å². The number of ether oxygens (including phenoxy) is 1. The Kier molecular flexibility index (Phi) is 3.66. The number of morpholine rings is 1. The maximum absolute atomic E-state index is 11.0. The number of carboxylic acids is 1. The Hall–Kier alpha value is -1.10. The van der Waals surface area contributed by atoms with Crippen LogP contribution in [0.4, 0.5) is 5.00 Å². The zero-order valence-electron chi connectivity index (χ0n) is 8.77. The van der Waals surface area contributed by atoms with Crippen molar-refractivity contribution in [2.45, 2.75) is 0 Å².